The van der Waals surface area contributed by atoms with Crippen LogP contribution in [0.2, 0.25) is 5.02 Å². The zero-order chi connectivity index (χ0) is 22.7. The maximum absolute atomic E-state index is 13.2. The molecule has 1 fully saturated rings. The highest BCUT2D eigenvalue weighted by atomic mass is 35.5. The van der Waals surface area contributed by atoms with Crippen LogP contribution in [0.1, 0.15) is 11.1 Å². The molecule has 3 aromatic rings. The van der Waals surface area contributed by atoms with E-state index in [1.165, 1.54) is 30.3 Å². The van der Waals surface area contributed by atoms with Gasteiger partial charge in [-0.15, -0.1) is 0 Å². The Morgan fingerprint density at radius 1 is 1.06 bits per heavy atom. The molecule has 0 aromatic heterocycles. The van der Waals surface area contributed by atoms with E-state index in [1.807, 2.05) is 6.07 Å². The smallest absolute Gasteiger partial charge is 0.282 e. The SMILES string of the molecule is COc1cc(Cl)cc(/C=C2\C(=O)NN(c3ccccc3)C2=O)c1OCc1ccc(F)cc1. The van der Waals surface area contributed by atoms with Crippen LogP contribution in [-0.2, 0) is 16.2 Å². The normalized spacial score (nSPS) is 14.6. The summed E-state index contributed by atoms with van der Waals surface area (Å²) in [5.41, 5.74) is 4.13. The Balaban J connectivity index is 1.68. The number of amides is 2. The van der Waals surface area contributed by atoms with Gasteiger partial charge in [-0.05, 0) is 42.0 Å². The zero-order valence-electron chi connectivity index (χ0n) is 17.0. The molecule has 3 aromatic carbocycles. The first-order chi connectivity index (χ1) is 15.5. The van der Waals surface area contributed by atoms with Gasteiger partial charge in [0.15, 0.2) is 11.5 Å². The largest absolute Gasteiger partial charge is 0.493 e. The van der Waals surface area contributed by atoms with Gasteiger partial charge >= 0.3 is 0 Å². The molecule has 162 valence electrons. The van der Waals surface area contributed by atoms with Gasteiger partial charge in [-0.25, -0.2) is 9.40 Å². The van der Waals surface area contributed by atoms with Gasteiger partial charge in [0, 0.05) is 16.7 Å². The molecule has 32 heavy (non-hydrogen) atoms. The molecule has 2 amide bonds. The van der Waals surface area contributed by atoms with Crippen molar-refractivity contribution in [3.05, 3.63) is 94.3 Å². The number of para-hydroxylation sites is 1. The highest BCUT2D eigenvalue weighted by Gasteiger charge is 2.34. The zero-order valence-corrected chi connectivity index (χ0v) is 17.7. The van der Waals surface area contributed by atoms with Crippen LogP contribution >= 0.6 is 11.6 Å². The minimum absolute atomic E-state index is 0.0789. The Bertz CT molecular complexity index is 1200. The van der Waals surface area contributed by atoms with Crippen molar-refractivity contribution in [2.45, 2.75) is 6.61 Å². The van der Waals surface area contributed by atoms with Crippen LogP contribution in [0.25, 0.3) is 6.08 Å². The molecule has 8 heteroatoms. The third kappa shape index (κ3) is 4.43. The van der Waals surface area contributed by atoms with Crippen LogP contribution in [-0.4, -0.2) is 18.9 Å². The summed E-state index contributed by atoms with van der Waals surface area (Å²) >= 11 is 6.22. The molecule has 0 unspecified atom stereocenters. The van der Waals surface area contributed by atoms with Crippen LogP contribution in [0, 0.1) is 5.82 Å². The number of nitrogens with one attached hydrogen (secondary N) is 1. The Hall–Kier alpha value is -3.84. The first-order valence-corrected chi connectivity index (χ1v) is 10.0. The van der Waals surface area contributed by atoms with Crippen molar-refractivity contribution in [3.63, 3.8) is 0 Å². The molecule has 1 saturated heterocycles. The minimum atomic E-state index is -0.553. The lowest BCUT2D eigenvalue weighted by Crippen LogP contribution is -2.35. The molecule has 0 radical (unpaired) electrons. The quantitative estimate of drug-likeness (QED) is 0.441. The van der Waals surface area contributed by atoms with Crippen molar-refractivity contribution < 1.29 is 23.5 Å². The first kappa shape index (κ1) is 21.4. The van der Waals surface area contributed by atoms with Crippen molar-refractivity contribution in [2.24, 2.45) is 0 Å². The van der Waals surface area contributed by atoms with Crippen LogP contribution in [0.15, 0.2) is 72.3 Å². The van der Waals surface area contributed by atoms with Gasteiger partial charge in [-0.1, -0.05) is 41.9 Å². The summed E-state index contributed by atoms with van der Waals surface area (Å²) in [5, 5.41) is 1.52. The maximum atomic E-state index is 13.2. The standard InChI is InChI=1S/C24H18ClFN2O4/c1-31-21-13-17(25)11-16(22(21)32-14-15-7-9-18(26)10-8-15)12-20-23(29)27-28(24(20)30)19-5-3-2-4-6-19/h2-13H,14H2,1H3,(H,27,29)/b20-12+. The number of methoxy groups -OCH3 is 1. The van der Waals surface area contributed by atoms with Gasteiger partial charge in [-0.2, -0.15) is 0 Å². The monoisotopic (exact) mass is 452 g/mol. The molecule has 1 heterocycles. The average molecular weight is 453 g/mol. The van der Waals surface area contributed by atoms with Crippen LogP contribution in [0.3, 0.4) is 0 Å². The second-order valence-corrected chi connectivity index (χ2v) is 7.35. The molecule has 1 aliphatic heterocycles. The molecule has 4 rings (SSSR count). The molecule has 0 aliphatic carbocycles. The minimum Gasteiger partial charge on any atom is -0.493 e. The Kier molecular flexibility index (Phi) is 6.09. The summed E-state index contributed by atoms with van der Waals surface area (Å²) < 4.78 is 24.5. The number of anilines is 1. The van der Waals surface area contributed by atoms with Crippen molar-refractivity contribution in [1.29, 1.82) is 0 Å². The summed E-state index contributed by atoms with van der Waals surface area (Å²) in [5.74, 6) is -0.784. The number of hydrazine groups is 1. The van der Waals surface area contributed by atoms with Gasteiger partial charge in [0.1, 0.15) is 18.0 Å². The summed E-state index contributed by atoms with van der Waals surface area (Å²) in [7, 11) is 1.46. The lowest BCUT2D eigenvalue weighted by molar-refractivity contribution is -0.117. The molecule has 0 atom stereocenters. The Morgan fingerprint density at radius 2 is 1.78 bits per heavy atom. The number of carbonyl (C=O) groups excluding carboxylic acids is 2. The summed E-state index contributed by atoms with van der Waals surface area (Å²) in [6.45, 7) is 0.116. The molecular weight excluding hydrogens is 435 g/mol. The van der Waals surface area contributed by atoms with Gasteiger partial charge in [0.25, 0.3) is 11.8 Å². The third-order valence-corrected chi connectivity index (χ3v) is 4.99. The van der Waals surface area contributed by atoms with E-state index < -0.39 is 11.8 Å². The van der Waals surface area contributed by atoms with Gasteiger partial charge in [-0.3, -0.25) is 15.0 Å². The molecule has 0 bridgehead atoms. The second-order valence-electron chi connectivity index (χ2n) is 6.92. The van der Waals surface area contributed by atoms with Crippen molar-refractivity contribution in [2.75, 3.05) is 12.1 Å². The Morgan fingerprint density at radius 3 is 2.47 bits per heavy atom. The maximum Gasteiger partial charge on any atom is 0.282 e. The Labute approximate surface area is 188 Å². The number of carbonyl (C=O) groups is 2. The van der Waals surface area contributed by atoms with E-state index in [-0.39, 0.29) is 18.0 Å². The highest BCUT2D eigenvalue weighted by molar-refractivity contribution is 6.32. The number of rotatable bonds is 6. The highest BCUT2D eigenvalue weighted by Crippen LogP contribution is 2.37. The fraction of sp³-hybridized carbons (Fsp3) is 0.0833. The molecule has 1 aliphatic rings. The predicted molar refractivity (Wildman–Crippen MR) is 119 cm³/mol. The number of benzene rings is 3. The average Bonchev–Trinajstić information content (AvgIpc) is 3.08. The van der Waals surface area contributed by atoms with Crippen LogP contribution in [0.4, 0.5) is 10.1 Å². The molecular formula is C24H18ClFN2O4. The lowest BCUT2D eigenvalue weighted by Gasteiger charge is -2.15. The summed E-state index contributed by atoms with van der Waals surface area (Å²) in [4.78, 5) is 25.5. The number of nitrogens with zero attached hydrogens (tertiary/aromatic N) is 1. The lowest BCUT2D eigenvalue weighted by atomic mass is 10.1. The molecule has 0 saturated carbocycles. The topological polar surface area (TPSA) is 67.9 Å². The van der Waals surface area contributed by atoms with Gasteiger partial charge in [0.05, 0.1) is 12.8 Å². The number of hydrogen-bond donors (Lipinski definition) is 1. The molecule has 1 N–H and O–H groups in total. The van der Waals surface area contributed by atoms with Crippen molar-refractivity contribution >= 4 is 35.2 Å². The van der Waals surface area contributed by atoms with Crippen molar-refractivity contribution in [3.8, 4) is 11.5 Å². The second kappa shape index (κ2) is 9.11. The van der Waals surface area contributed by atoms with E-state index in [0.29, 0.717) is 27.8 Å². The van der Waals surface area contributed by atoms with E-state index in [2.05, 4.69) is 5.43 Å². The summed E-state index contributed by atoms with van der Waals surface area (Å²) in [6, 6.07) is 17.8. The van der Waals surface area contributed by atoms with E-state index in [4.69, 9.17) is 21.1 Å². The van der Waals surface area contributed by atoms with Crippen molar-refractivity contribution in [1.82, 2.24) is 5.43 Å². The van der Waals surface area contributed by atoms with E-state index >= 15 is 0 Å². The molecule has 0 spiro atoms. The number of hydrogen-bond acceptors (Lipinski definition) is 4. The fourth-order valence-electron chi connectivity index (χ4n) is 3.21. The van der Waals surface area contributed by atoms with E-state index in [9.17, 15) is 14.0 Å². The predicted octanol–water partition coefficient (Wildman–Crippen LogP) is 4.53. The van der Waals surface area contributed by atoms with Gasteiger partial charge in [0.2, 0.25) is 0 Å². The van der Waals surface area contributed by atoms with Crippen LogP contribution in [0.5, 0.6) is 11.5 Å². The number of ether oxygens (including phenoxy) is 2. The van der Waals surface area contributed by atoms with Crippen LogP contribution < -0.4 is 19.9 Å². The van der Waals surface area contributed by atoms with E-state index in [0.717, 1.165) is 5.56 Å². The van der Waals surface area contributed by atoms with Gasteiger partial charge < -0.3 is 9.47 Å². The first-order valence-electron chi connectivity index (χ1n) is 9.63. The fourth-order valence-corrected chi connectivity index (χ4v) is 3.43. The summed E-state index contributed by atoms with van der Waals surface area (Å²) in [6.07, 6.45) is 1.41. The third-order valence-electron chi connectivity index (χ3n) is 4.77. The van der Waals surface area contributed by atoms with E-state index in [1.54, 1.807) is 48.5 Å². The molecule has 6 nitrogen and oxygen atoms in total. The number of halogens is 2.